The van der Waals surface area contributed by atoms with E-state index < -0.39 is 0 Å². The predicted molar refractivity (Wildman–Crippen MR) is 119 cm³/mol. The van der Waals surface area contributed by atoms with Crippen molar-refractivity contribution in [3.05, 3.63) is 0 Å². The van der Waals surface area contributed by atoms with Gasteiger partial charge >= 0.3 is 0 Å². The van der Waals surface area contributed by atoms with Crippen LogP contribution in [0.4, 0.5) is 0 Å². The summed E-state index contributed by atoms with van der Waals surface area (Å²) in [6.45, 7) is 2.65. The minimum Gasteiger partial charge on any atom is -0.381 e. The lowest BCUT2D eigenvalue weighted by Gasteiger charge is -2.43. The summed E-state index contributed by atoms with van der Waals surface area (Å²) in [5.74, 6) is 2.93. The molecule has 0 bridgehead atoms. The maximum atomic E-state index is 5.58. The molecule has 26 heavy (non-hydrogen) atoms. The summed E-state index contributed by atoms with van der Waals surface area (Å²) < 4.78 is 5.58. The lowest BCUT2D eigenvalue weighted by Crippen LogP contribution is -2.58. The molecule has 2 saturated carbocycles. The number of guanidine groups is 1. The molecule has 3 unspecified atom stereocenters. The molecule has 1 saturated heterocycles. The van der Waals surface area contributed by atoms with Gasteiger partial charge in [-0.05, 0) is 58.0 Å². The fraction of sp³-hybridized carbons (Fsp3) is 0.950. The maximum Gasteiger partial charge on any atom is 0.191 e. The number of fused-ring (bicyclic) bond motifs is 1. The largest absolute Gasteiger partial charge is 0.381 e. The minimum atomic E-state index is 0. The van der Waals surface area contributed by atoms with Crippen LogP contribution in [-0.4, -0.2) is 63.3 Å². The molecule has 3 atom stereocenters. The normalized spacial score (nSPS) is 31.7. The summed E-state index contributed by atoms with van der Waals surface area (Å²) in [5, 5.41) is 7.35. The van der Waals surface area contributed by atoms with E-state index in [0.29, 0.717) is 6.04 Å². The number of nitrogens with one attached hydrogen (secondary N) is 2. The second-order valence-corrected chi connectivity index (χ2v) is 8.62. The van der Waals surface area contributed by atoms with Crippen molar-refractivity contribution in [1.29, 1.82) is 0 Å². The van der Waals surface area contributed by atoms with Crippen LogP contribution in [0.25, 0.3) is 0 Å². The van der Waals surface area contributed by atoms with Crippen molar-refractivity contribution >= 4 is 29.9 Å². The smallest absolute Gasteiger partial charge is 0.191 e. The SMILES string of the molecule is CN=C(NCC1(N(C)C)CCOCC1)NC1CCC2CCCCC2C1.I. The third kappa shape index (κ3) is 5.47. The molecule has 0 radical (unpaired) electrons. The van der Waals surface area contributed by atoms with Crippen LogP contribution < -0.4 is 10.6 Å². The fourth-order valence-electron chi connectivity index (χ4n) is 5.17. The van der Waals surface area contributed by atoms with Crippen LogP contribution in [0.3, 0.4) is 0 Å². The van der Waals surface area contributed by atoms with Gasteiger partial charge in [0, 0.05) is 38.4 Å². The van der Waals surface area contributed by atoms with E-state index in [4.69, 9.17) is 4.74 Å². The molecule has 2 N–H and O–H groups in total. The number of halogens is 1. The highest BCUT2D eigenvalue weighted by molar-refractivity contribution is 14.0. The summed E-state index contributed by atoms with van der Waals surface area (Å²) in [7, 11) is 6.27. The first kappa shape index (κ1) is 22.2. The van der Waals surface area contributed by atoms with Gasteiger partial charge in [0.05, 0.1) is 0 Å². The first-order valence-corrected chi connectivity index (χ1v) is 10.4. The van der Waals surface area contributed by atoms with Gasteiger partial charge in [0.1, 0.15) is 0 Å². The molecule has 1 aliphatic heterocycles. The molecule has 5 nitrogen and oxygen atoms in total. The predicted octanol–water partition coefficient (Wildman–Crippen LogP) is 3.24. The molecule has 6 heteroatoms. The van der Waals surface area contributed by atoms with Crippen molar-refractivity contribution in [3.63, 3.8) is 0 Å². The summed E-state index contributed by atoms with van der Waals surface area (Å²) >= 11 is 0. The van der Waals surface area contributed by atoms with E-state index in [0.717, 1.165) is 50.4 Å². The zero-order valence-electron chi connectivity index (χ0n) is 16.9. The summed E-state index contributed by atoms with van der Waals surface area (Å²) in [6.07, 6.45) is 12.0. The number of nitrogens with zero attached hydrogens (tertiary/aromatic N) is 2. The van der Waals surface area contributed by atoms with Crippen LogP contribution >= 0.6 is 24.0 Å². The van der Waals surface area contributed by atoms with Crippen molar-refractivity contribution in [2.24, 2.45) is 16.8 Å². The zero-order valence-corrected chi connectivity index (χ0v) is 19.3. The summed E-state index contributed by atoms with van der Waals surface area (Å²) in [6, 6.07) is 0.593. The first-order valence-electron chi connectivity index (χ1n) is 10.4. The number of hydrogen-bond acceptors (Lipinski definition) is 3. The number of ether oxygens (including phenoxy) is 1. The van der Waals surface area contributed by atoms with Crippen LogP contribution in [0.15, 0.2) is 4.99 Å². The molecule has 152 valence electrons. The van der Waals surface area contributed by atoms with E-state index >= 15 is 0 Å². The first-order chi connectivity index (χ1) is 12.1. The average molecular weight is 478 g/mol. The molecule has 3 aliphatic rings. The van der Waals surface area contributed by atoms with Gasteiger partial charge in [-0.2, -0.15) is 0 Å². The summed E-state index contributed by atoms with van der Waals surface area (Å²) in [4.78, 5) is 6.87. The van der Waals surface area contributed by atoms with E-state index in [1.807, 2.05) is 7.05 Å². The van der Waals surface area contributed by atoms with Crippen molar-refractivity contribution < 1.29 is 4.74 Å². The van der Waals surface area contributed by atoms with Gasteiger partial charge in [0.15, 0.2) is 5.96 Å². The number of aliphatic imine (C=N–C) groups is 1. The monoisotopic (exact) mass is 478 g/mol. The van der Waals surface area contributed by atoms with E-state index in [-0.39, 0.29) is 29.5 Å². The minimum absolute atomic E-state index is 0. The maximum absolute atomic E-state index is 5.58. The molecular formula is C20H39IN4O. The molecule has 3 fully saturated rings. The van der Waals surface area contributed by atoms with Gasteiger partial charge in [-0.3, -0.25) is 4.99 Å². The Balaban J connectivity index is 0.00000243. The van der Waals surface area contributed by atoms with Gasteiger partial charge in [0.2, 0.25) is 0 Å². The van der Waals surface area contributed by atoms with Crippen LogP contribution in [0.1, 0.15) is 57.8 Å². The molecular weight excluding hydrogens is 439 g/mol. The Morgan fingerprint density at radius 1 is 1.08 bits per heavy atom. The Morgan fingerprint density at radius 2 is 1.77 bits per heavy atom. The second-order valence-electron chi connectivity index (χ2n) is 8.62. The Hall–Kier alpha value is -0.0800. The molecule has 0 aromatic rings. The van der Waals surface area contributed by atoms with Crippen molar-refractivity contribution in [1.82, 2.24) is 15.5 Å². The quantitative estimate of drug-likeness (QED) is 0.370. The van der Waals surface area contributed by atoms with Crippen molar-refractivity contribution in [2.75, 3.05) is 40.9 Å². The highest BCUT2D eigenvalue weighted by atomic mass is 127. The molecule has 1 heterocycles. The molecule has 3 rings (SSSR count). The zero-order chi connectivity index (χ0) is 17.7. The van der Waals surface area contributed by atoms with Gasteiger partial charge in [-0.25, -0.2) is 0 Å². The Labute approximate surface area is 177 Å². The van der Waals surface area contributed by atoms with E-state index in [1.165, 1.54) is 44.9 Å². The third-order valence-corrected chi connectivity index (χ3v) is 7.06. The lowest BCUT2D eigenvalue weighted by atomic mass is 9.69. The average Bonchev–Trinajstić information content (AvgIpc) is 2.65. The Bertz CT molecular complexity index is 451. The molecule has 0 amide bonds. The van der Waals surface area contributed by atoms with Crippen molar-refractivity contribution in [3.8, 4) is 0 Å². The topological polar surface area (TPSA) is 48.9 Å². The van der Waals surface area contributed by atoms with Gasteiger partial charge in [-0.15, -0.1) is 24.0 Å². The molecule has 0 aromatic carbocycles. The number of rotatable bonds is 4. The van der Waals surface area contributed by atoms with Crippen molar-refractivity contribution in [2.45, 2.75) is 69.4 Å². The van der Waals surface area contributed by atoms with E-state index in [9.17, 15) is 0 Å². The highest BCUT2D eigenvalue weighted by Gasteiger charge is 2.36. The van der Waals surface area contributed by atoms with E-state index in [1.54, 1.807) is 0 Å². The van der Waals surface area contributed by atoms with Crippen LogP contribution in [0, 0.1) is 11.8 Å². The van der Waals surface area contributed by atoms with Gasteiger partial charge in [-0.1, -0.05) is 25.7 Å². The standard InChI is InChI=1S/C20H38N4O.HI/c1-21-19(22-15-20(24(2)3)10-12-25-13-11-20)23-18-9-8-16-6-4-5-7-17(16)14-18;/h16-18H,4-15H2,1-3H3,(H2,21,22,23);1H. The third-order valence-electron chi connectivity index (χ3n) is 7.06. The number of hydrogen-bond donors (Lipinski definition) is 2. The Kier molecular flexibility index (Phi) is 8.94. The highest BCUT2D eigenvalue weighted by Crippen LogP contribution is 2.40. The Morgan fingerprint density at radius 3 is 2.42 bits per heavy atom. The summed E-state index contributed by atoms with van der Waals surface area (Å²) in [5.41, 5.74) is 0.177. The van der Waals surface area contributed by atoms with Gasteiger partial charge < -0.3 is 20.3 Å². The molecule has 2 aliphatic carbocycles. The van der Waals surface area contributed by atoms with E-state index in [2.05, 4.69) is 34.6 Å². The second kappa shape index (κ2) is 10.5. The number of likely N-dealkylation sites (N-methyl/N-ethyl adjacent to an activating group) is 1. The fourth-order valence-corrected chi connectivity index (χ4v) is 5.17. The molecule has 0 aromatic heterocycles. The van der Waals surface area contributed by atoms with Gasteiger partial charge in [0.25, 0.3) is 0 Å². The van der Waals surface area contributed by atoms with Crippen LogP contribution in [0.2, 0.25) is 0 Å². The van der Waals surface area contributed by atoms with Crippen LogP contribution in [0.5, 0.6) is 0 Å². The lowest BCUT2D eigenvalue weighted by molar-refractivity contribution is -0.00505. The van der Waals surface area contributed by atoms with Crippen LogP contribution in [-0.2, 0) is 4.74 Å². The molecule has 0 spiro atoms.